The maximum atomic E-state index is 11.9. The zero-order valence-corrected chi connectivity index (χ0v) is 15.5. The van der Waals surface area contributed by atoms with Gasteiger partial charge in [-0.15, -0.1) is 0 Å². The predicted molar refractivity (Wildman–Crippen MR) is 101 cm³/mol. The van der Waals surface area contributed by atoms with Crippen molar-refractivity contribution in [1.82, 2.24) is 5.43 Å². The summed E-state index contributed by atoms with van der Waals surface area (Å²) in [6.45, 7) is 6.31. The van der Waals surface area contributed by atoms with E-state index in [9.17, 15) is 4.79 Å². The molecule has 0 aromatic heterocycles. The standard InChI is InChI=1S/C20H24N2O4/c1-5-25-18-9-7-16(11-19(18)24-4)12-21-22-20(23)13-26-17-8-6-14(2)10-15(17)3/h6-12H,5,13H2,1-4H3,(H,22,23)/b21-12-. The first-order valence-electron chi connectivity index (χ1n) is 8.36. The molecule has 0 heterocycles. The summed E-state index contributed by atoms with van der Waals surface area (Å²) >= 11 is 0. The third kappa shape index (κ3) is 5.51. The highest BCUT2D eigenvalue weighted by Crippen LogP contribution is 2.27. The molecule has 1 N–H and O–H groups in total. The molecule has 138 valence electrons. The Morgan fingerprint density at radius 1 is 1.08 bits per heavy atom. The second kappa shape index (κ2) is 9.46. The largest absolute Gasteiger partial charge is 0.493 e. The van der Waals surface area contributed by atoms with Crippen molar-refractivity contribution in [1.29, 1.82) is 0 Å². The third-order valence-electron chi connectivity index (χ3n) is 3.58. The quantitative estimate of drug-likeness (QED) is 0.582. The number of ether oxygens (including phenoxy) is 3. The van der Waals surface area contributed by atoms with Gasteiger partial charge >= 0.3 is 0 Å². The SMILES string of the molecule is CCOc1ccc(/C=N\NC(=O)COc2ccc(C)cc2C)cc1OC. The molecule has 2 aromatic rings. The second-order valence-electron chi connectivity index (χ2n) is 5.69. The number of nitrogens with one attached hydrogen (secondary N) is 1. The first kappa shape index (κ1) is 19.3. The van der Waals surface area contributed by atoms with E-state index in [1.54, 1.807) is 19.2 Å². The normalized spacial score (nSPS) is 10.6. The Bertz CT molecular complexity index is 787. The molecule has 26 heavy (non-hydrogen) atoms. The fourth-order valence-corrected chi connectivity index (χ4v) is 2.35. The van der Waals surface area contributed by atoms with Gasteiger partial charge < -0.3 is 14.2 Å². The molecule has 0 unspecified atom stereocenters. The van der Waals surface area contributed by atoms with Gasteiger partial charge in [0.2, 0.25) is 0 Å². The highest BCUT2D eigenvalue weighted by molar-refractivity contribution is 5.83. The van der Waals surface area contributed by atoms with Gasteiger partial charge in [0, 0.05) is 0 Å². The summed E-state index contributed by atoms with van der Waals surface area (Å²) in [5, 5.41) is 3.94. The van der Waals surface area contributed by atoms with Gasteiger partial charge in [-0.2, -0.15) is 5.10 Å². The highest BCUT2D eigenvalue weighted by Gasteiger charge is 2.06. The summed E-state index contributed by atoms with van der Waals surface area (Å²) in [5.74, 6) is 1.63. The van der Waals surface area contributed by atoms with Crippen LogP contribution < -0.4 is 19.6 Å². The lowest BCUT2D eigenvalue weighted by Gasteiger charge is -2.09. The Kier molecular flexibility index (Phi) is 7.02. The number of hydrazone groups is 1. The Labute approximate surface area is 153 Å². The van der Waals surface area contributed by atoms with Gasteiger partial charge in [0.05, 0.1) is 19.9 Å². The van der Waals surface area contributed by atoms with E-state index in [1.807, 2.05) is 45.0 Å². The molecule has 0 radical (unpaired) electrons. The molecule has 6 heteroatoms. The molecule has 0 saturated heterocycles. The number of carbonyl (C=O) groups is 1. The van der Waals surface area contributed by atoms with Gasteiger partial charge in [0.15, 0.2) is 18.1 Å². The summed E-state index contributed by atoms with van der Waals surface area (Å²) in [5.41, 5.74) is 5.36. The van der Waals surface area contributed by atoms with Gasteiger partial charge in [-0.25, -0.2) is 5.43 Å². The van der Waals surface area contributed by atoms with Crippen LogP contribution in [-0.2, 0) is 4.79 Å². The molecular weight excluding hydrogens is 332 g/mol. The summed E-state index contributed by atoms with van der Waals surface area (Å²) in [7, 11) is 1.57. The zero-order valence-electron chi connectivity index (χ0n) is 15.5. The van der Waals surface area contributed by atoms with E-state index in [4.69, 9.17) is 14.2 Å². The molecular formula is C20H24N2O4. The maximum Gasteiger partial charge on any atom is 0.277 e. The summed E-state index contributed by atoms with van der Waals surface area (Å²) < 4.78 is 16.3. The smallest absolute Gasteiger partial charge is 0.277 e. The van der Waals surface area contributed by atoms with E-state index in [2.05, 4.69) is 10.5 Å². The van der Waals surface area contributed by atoms with Crippen LogP contribution in [0.15, 0.2) is 41.5 Å². The van der Waals surface area contributed by atoms with Crippen LogP contribution in [0.5, 0.6) is 17.2 Å². The second-order valence-corrected chi connectivity index (χ2v) is 5.69. The van der Waals surface area contributed by atoms with Crippen LogP contribution in [0.4, 0.5) is 0 Å². The molecule has 0 aliphatic rings. The Morgan fingerprint density at radius 2 is 1.85 bits per heavy atom. The Balaban J connectivity index is 1.88. The van der Waals surface area contributed by atoms with Gasteiger partial charge in [0.25, 0.3) is 5.91 Å². The number of amides is 1. The van der Waals surface area contributed by atoms with Gasteiger partial charge in [-0.1, -0.05) is 17.7 Å². The molecule has 1 amide bonds. The van der Waals surface area contributed by atoms with Gasteiger partial charge in [-0.05, 0) is 56.2 Å². The first-order valence-corrected chi connectivity index (χ1v) is 8.36. The molecule has 0 saturated carbocycles. The lowest BCUT2D eigenvalue weighted by atomic mass is 10.1. The van der Waals surface area contributed by atoms with Crippen LogP contribution in [0.1, 0.15) is 23.6 Å². The van der Waals surface area contributed by atoms with E-state index >= 15 is 0 Å². The lowest BCUT2D eigenvalue weighted by Crippen LogP contribution is -2.24. The van der Waals surface area contributed by atoms with E-state index in [-0.39, 0.29) is 12.5 Å². The number of nitrogens with zero attached hydrogens (tertiary/aromatic N) is 1. The fraction of sp³-hybridized carbons (Fsp3) is 0.300. The molecule has 0 fully saturated rings. The number of hydrogen-bond donors (Lipinski definition) is 1. The van der Waals surface area contributed by atoms with E-state index < -0.39 is 0 Å². The molecule has 0 spiro atoms. The van der Waals surface area contributed by atoms with Gasteiger partial charge in [0.1, 0.15) is 5.75 Å². The third-order valence-corrected chi connectivity index (χ3v) is 3.58. The summed E-state index contributed by atoms with van der Waals surface area (Å²) in [6, 6.07) is 11.2. The van der Waals surface area contributed by atoms with Crippen molar-refractivity contribution in [2.75, 3.05) is 20.3 Å². The topological polar surface area (TPSA) is 69.2 Å². The number of rotatable bonds is 8. The molecule has 6 nitrogen and oxygen atoms in total. The maximum absolute atomic E-state index is 11.9. The molecule has 0 aliphatic carbocycles. The molecule has 0 aliphatic heterocycles. The Morgan fingerprint density at radius 3 is 2.54 bits per heavy atom. The first-order chi connectivity index (χ1) is 12.5. The van der Waals surface area contributed by atoms with Crippen molar-refractivity contribution >= 4 is 12.1 Å². The van der Waals surface area contributed by atoms with E-state index in [1.165, 1.54) is 6.21 Å². The number of benzene rings is 2. The predicted octanol–water partition coefficient (Wildman–Crippen LogP) is 3.24. The lowest BCUT2D eigenvalue weighted by molar-refractivity contribution is -0.123. The molecule has 2 rings (SSSR count). The zero-order chi connectivity index (χ0) is 18.9. The van der Waals surface area contributed by atoms with E-state index in [0.29, 0.717) is 23.9 Å². The Hall–Kier alpha value is -3.02. The minimum atomic E-state index is -0.334. The minimum Gasteiger partial charge on any atom is -0.493 e. The van der Waals surface area contributed by atoms with Crippen molar-refractivity contribution in [3.05, 3.63) is 53.1 Å². The van der Waals surface area contributed by atoms with Crippen LogP contribution in [0.2, 0.25) is 0 Å². The van der Waals surface area contributed by atoms with Crippen LogP contribution in [0.25, 0.3) is 0 Å². The summed E-state index contributed by atoms with van der Waals surface area (Å²) in [4.78, 5) is 11.9. The number of carbonyl (C=O) groups excluding carboxylic acids is 1. The van der Waals surface area contributed by atoms with Gasteiger partial charge in [-0.3, -0.25) is 4.79 Å². The van der Waals surface area contributed by atoms with Crippen molar-refractivity contribution in [3.63, 3.8) is 0 Å². The van der Waals surface area contributed by atoms with Crippen molar-refractivity contribution in [3.8, 4) is 17.2 Å². The van der Waals surface area contributed by atoms with Crippen LogP contribution in [-0.4, -0.2) is 32.4 Å². The number of methoxy groups -OCH3 is 1. The molecule has 2 aromatic carbocycles. The highest BCUT2D eigenvalue weighted by atomic mass is 16.5. The van der Waals surface area contributed by atoms with Crippen LogP contribution >= 0.6 is 0 Å². The number of hydrogen-bond acceptors (Lipinski definition) is 5. The average Bonchev–Trinajstić information content (AvgIpc) is 2.62. The van der Waals surface area contributed by atoms with Crippen molar-refractivity contribution in [2.24, 2.45) is 5.10 Å². The molecule has 0 bridgehead atoms. The minimum absolute atomic E-state index is 0.103. The average molecular weight is 356 g/mol. The van der Waals surface area contributed by atoms with Crippen molar-refractivity contribution < 1.29 is 19.0 Å². The fourth-order valence-electron chi connectivity index (χ4n) is 2.35. The number of aryl methyl sites for hydroxylation is 2. The van der Waals surface area contributed by atoms with E-state index in [0.717, 1.165) is 16.7 Å². The van der Waals surface area contributed by atoms with Crippen LogP contribution in [0, 0.1) is 13.8 Å². The monoisotopic (exact) mass is 356 g/mol. The van der Waals surface area contributed by atoms with Crippen molar-refractivity contribution in [2.45, 2.75) is 20.8 Å². The molecule has 0 atom stereocenters. The van der Waals surface area contributed by atoms with Crippen LogP contribution in [0.3, 0.4) is 0 Å². The summed E-state index contributed by atoms with van der Waals surface area (Å²) in [6.07, 6.45) is 1.53.